The maximum Gasteiger partial charge on any atom is 0.274 e. The molecule has 0 unspecified atom stereocenters. The van der Waals surface area contributed by atoms with Crippen LogP contribution in [-0.4, -0.2) is 57.2 Å². The standard InChI is InChI=1S/C13H15N7O/c14-11-3-2-10(17-18-11)12(21)19-6-8-20(9-7-19)13-15-4-1-5-16-13/h1-5H,6-9H2,(H2,14,18). The van der Waals surface area contributed by atoms with Crippen molar-refractivity contribution in [3.8, 4) is 0 Å². The Bertz CT molecular complexity index is 608. The molecule has 0 spiro atoms. The summed E-state index contributed by atoms with van der Waals surface area (Å²) in [4.78, 5) is 24.5. The Morgan fingerprint density at radius 1 is 1.05 bits per heavy atom. The van der Waals surface area contributed by atoms with Gasteiger partial charge in [0.1, 0.15) is 5.82 Å². The summed E-state index contributed by atoms with van der Waals surface area (Å²) in [6.07, 6.45) is 3.42. The van der Waals surface area contributed by atoms with Crippen LogP contribution in [0.5, 0.6) is 0 Å². The van der Waals surface area contributed by atoms with E-state index in [1.165, 1.54) is 0 Å². The van der Waals surface area contributed by atoms with Crippen LogP contribution in [0, 0.1) is 0 Å². The van der Waals surface area contributed by atoms with E-state index in [0.29, 0.717) is 43.6 Å². The highest BCUT2D eigenvalue weighted by Gasteiger charge is 2.24. The van der Waals surface area contributed by atoms with E-state index >= 15 is 0 Å². The number of carbonyl (C=O) groups is 1. The molecule has 8 heteroatoms. The highest BCUT2D eigenvalue weighted by atomic mass is 16.2. The molecule has 0 radical (unpaired) electrons. The molecule has 0 aromatic carbocycles. The number of piperazine rings is 1. The second kappa shape index (κ2) is 5.70. The molecule has 108 valence electrons. The first-order chi connectivity index (χ1) is 10.2. The monoisotopic (exact) mass is 285 g/mol. The van der Waals surface area contributed by atoms with Crippen molar-refractivity contribution in [2.75, 3.05) is 36.8 Å². The fourth-order valence-electron chi connectivity index (χ4n) is 2.18. The molecule has 3 rings (SSSR count). The van der Waals surface area contributed by atoms with Crippen LogP contribution in [0.3, 0.4) is 0 Å². The van der Waals surface area contributed by atoms with E-state index in [2.05, 4.69) is 25.1 Å². The maximum atomic E-state index is 12.3. The fourth-order valence-corrected chi connectivity index (χ4v) is 2.18. The third-order valence-electron chi connectivity index (χ3n) is 3.31. The predicted molar refractivity (Wildman–Crippen MR) is 76.6 cm³/mol. The van der Waals surface area contributed by atoms with Crippen LogP contribution in [0.2, 0.25) is 0 Å². The Morgan fingerprint density at radius 2 is 1.76 bits per heavy atom. The maximum absolute atomic E-state index is 12.3. The van der Waals surface area contributed by atoms with Gasteiger partial charge in [-0.05, 0) is 18.2 Å². The van der Waals surface area contributed by atoms with Crippen molar-refractivity contribution in [2.45, 2.75) is 0 Å². The Morgan fingerprint density at radius 3 is 2.38 bits per heavy atom. The first-order valence-corrected chi connectivity index (χ1v) is 6.64. The zero-order valence-corrected chi connectivity index (χ0v) is 11.4. The van der Waals surface area contributed by atoms with Gasteiger partial charge in [0.2, 0.25) is 5.95 Å². The molecular weight excluding hydrogens is 270 g/mol. The molecule has 1 saturated heterocycles. The van der Waals surface area contributed by atoms with Crippen LogP contribution in [0.15, 0.2) is 30.6 Å². The minimum Gasteiger partial charge on any atom is -0.382 e. The quantitative estimate of drug-likeness (QED) is 0.816. The molecule has 0 saturated carbocycles. The van der Waals surface area contributed by atoms with E-state index in [1.54, 1.807) is 35.5 Å². The normalized spacial score (nSPS) is 15.0. The minimum absolute atomic E-state index is 0.129. The predicted octanol–water partition coefficient (Wildman–Crippen LogP) is -0.189. The number of hydrogen-bond acceptors (Lipinski definition) is 7. The highest BCUT2D eigenvalue weighted by molar-refractivity contribution is 5.92. The van der Waals surface area contributed by atoms with Gasteiger partial charge in [-0.15, -0.1) is 10.2 Å². The van der Waals surface area contributed by atoms with Gasteiger partial charge in [-0.25, -0.2) is 9.97 Å². The van der Waals surface area contributed by atoms with Gasteiger partial charge in [0.25, 0.3) is 5.91 Å². The Balaban J connectivity index is 1.63. The summed E-state index contributed by atoms with van der Waals surface area (Å²) in [5, 5.41) is 7.53. The zero-order valence-electron chi connectivity index (χ0n) is 11.4. The van der Waals surface area contributed by atoms with E-state index in [0.717, 1.165) is 0 Å². The smallest absolute Gasteiger partial charge is 0.274 e. The van der Waals surface area contributed by atoms with Crippen molar-refractivity contribution >= 4 is 17.7 Å². The lowest BCUT2D eigenvalue weighted by Gasteiger charge is -2.34. The lowest BCUT2D eigenvalue weighted by atomic mass is 10.2. The van der Waals surface area contributed by atoms with Gasteiger partial charge in [0, 0.05) is 38.6 Å². The number of hydrogen-bond donors (Lipinski definition) is 1. The molecule has 2 N–H and O–H groups in total. The molecule has 2 aromatic heterocycles. The van der Waals surface area contributed by atoms with Crippen LogP contribution >= 0.6 is 0 Å². The van der Waals surface area contributed by atoms with Gasteiger partial charge < -0.3 is 15.5 Å². The summed E-state index contributed by atoms with van der Waals surface area (Å²) >= 11 is 0. The Labute approximate surface area is 121 Å². The van der Waals surface area contributed by atoms with Gasteiger partial charge in [0.05, 0.1) is 0 Å². The molecule has 2 aromatic rings. The van der Waals surface area contributed by atoms with Gasteiger partial charge in [-0.3, -0.25) is 4.79 Å². The average molecular weight is 285 g/mol. The van der Waals surface area contributed by atoms with Crippen molar-refractivity contribution in [1.29, 1.82) is 0 Å². The van der Waals surface area contributed by atoms with E-state index < -0.39 is 0 Å². The highest BCUT2D eigenvalue weighted by Crippen LogP contribution is 2.11. The number of aromatic nitrogens is 4. The molecule has 21 heavy (non-hydrogen) atoms. The first kappa shape index (κ1) is 13.2. The Hall–Kier alpha value is -2.77. The molecule has 0 aliphatic carbocycles. The largest absolute Gasteiger partial charge is 0.382 e. The van der Waals surface area contributed by atoms with Crippen molar-refractivity contribution < 1.29 is 4.79 Å². The second-order valence-electron chi connectivity index (χ2n) is 4.67. The number of carbonyl (C=O) groups excluding carboxylic acids is 1. The molecule has 1 amide bonds. The summed E-state index contributed by atoms with van der Waals surface area (Å²) in [5.41, 5.74) is 5.78. The van der Waals surface area contributed by atoms with Crippen LogP contribution in [0.25, 0.3) is 0 Å². The van der Waals surface area contributed by atoms with Crippen LogP contribution in [0.4, 0.5) is 11.8 Å². The number of anilines is 2. The van der Waals surface area contributed by atoms with E-state index in [4.69, 9.17) is 5.73 Å². The van der Waals surface area contributed by atoms with E-state index in [-0.39, 0.29) is 5.91 Å². The van der Waals surface area contributed by atoms with Gasteiger partial charge >= 0.3 is 0 Å². The van der Waals surface area contributed by atoms with Gasteiger partial charge in [0.15, 0.2) is 5.69 Å². The third kappa shape index (κ3) is 2.88. The summed E-state index contributed by atoms with van der Waals surface area (Å²) in [6, 6.07) is 4.95. The summed E-state index contributed by atoms with van der Waals surface area (Å²) in [6.45, 7) is 2.59. The first-order valence-electron chi connectivity index (χ1n) is 6.64. The minimum atomic E-state index is -0.129. The van der Waals surface area contributed by atoms with Crippen LogP contribution in [-0.2, 0) is 0 Å². The van der Waals surface area contributed by atoms with E-state index in [9.17, 15) is 4.79 Å². The topological polar surface area (TPSA) is 101 Å². The van der Waals surface area contributed by atoms with Crippen molar-refractivity contribution in [3.05, 3.63) is 36.3 Å². The molecule has 1 fully saturated rings. The number of nitrogens with zero attached hydrogens (tertiary/aromatic N) is 6. The molecular formula is C13H15N7O. The van der Waals surface area contributed by atoms with Gasteiger partial charge in [-0.2, -0.15) is 0 Å². The third-order valence-corrected chi connectivity index (χ3v) is 3.31. The molecule has 1 aliphatic heterocycles. The molecule has 0 bridgehead atoms. The lowest BCUT2D eigenvalue weighted by molar-refractivity contribution is 0.0739. The average Bonchev–Trinajstić information content (AvgIpc) is 2.56. The zero-order chi connectivity index (χ0) is 14.7. The van der Waals surface area contributed by atoms with Crippen molar-refractivity contribution in [3.63, 3.8) is 0 Å². The number of amides is 1. The molecule has 3 heterocycles. The second-order valence-corrected chi connectivity index (χ2v) is 4.67. The summed E-state index contributed by atoms with van der Waals surface area (Å²) in [5.74, 6) is 0.866. The fraction of sp³-hybridized carbons (Fsp3) is 0.308. The number of nitrogens with two attached hydrogens (primary N) is 1. The van der Waals surface area contributed by atoms with Crippen molar-refractivity contribution in [1.82, 2.24) is 25.1 Å². The SMILES string of the molecule is Nc1ccc(C(=O)N2CCN(c3ncccn3)CC2)nn1. The summed E-state index contributed by atoms with van der Waals surface area (Å²) in [7, 11) is 0. The van der Waals surface area contributed by atoms with Crippen LogP contribution < -0.4 is 10.6 Å². The number of nitrogen functional groups attached to an aromatic ring is 1. The lowest BCUT2D eigenvalue weighted by Crippen LogP contribution is -2.49. The number of rotatable bonds is 2. The Kier molecular flexibility index (Phi) is 3.59. The molecule has 8 nitrogen and oxygen atoms in total. The molecule has 0 atom stereocenters. The van der Waals surface area contributed by atoms with Gasteiger partial charge in [-0.1, -0.05) is 0 Å². The van der Waals surface area contributed by atoms with Crippen molar-refractivity contribution in [2.24, 2.45) is 0 Å². The van der Waals surface area contributed by atoms with Crippen LogP contribution in [0.1, 0.15) is 10.5 Å². The summed E-state index contributed by atoms with van der Waals surface area (Å²) < 4.78 is 0. The van der Waals surface area contributed by atoms with E-state index in [1.807, 2.05) is 0 Å². The molecule has 1 aliphatic rings.